The summed E-state index contributed by atoms with van der Waals surface area (Å²) >= 11 is 0. The highest BCUT2D eigenvalue weighted by Crippen LogP contribution is 2.66. The number of nitrogens with zero attached hydrogens (tertiary/aromatic N) is 1. The summed E-state index contributed by atoms with van der Waals surface area (Å²) in [7, 11) is -16.6. The maximum absolute atomic E-state index is 11.9. The van der Waals surface area contributed by atoms with Crippen LogP contribution < -0.4 is 5.32 Å². The number of carbonyl (C=O) groups is 2. The molecular weight excluding hydrogens is 465 g/mol. The van der Waals surface area contributed by atoms with Crippen molar-refractivity contribution in [3.05, 3.63) is 0 Å². The summed E-state index contributed by atoms with van der Waals surface area (Å²) < 4.78 is 50.4. The Morgan fingerprint density at radius 2 is 1.76 bits per heavy atom. The summed E-state index contributed by atoms with van der Waals surface area (Å²) in [5, 5.41) is 12.1. The molecular formula is C10H19N2O14P3. The largest absolute Gasteiger partial charge is 0.490 e. The Kier molecular flexibility index (Phi) is 7.44. The van der Waals surface area contributed by atoms with E-state index in [2.05, 4.69) is 18.5 Å². The van der Waals surface area contributed by atoms with Crippen LogP contribution in [-0.2, 0) is 36.4 Å². The molecule has 168 valence electrons. The molecule has 0 aromatic carbocycles. The predicted octanol–water partition coefficient (Wildman–Crippen LogP) is -1.01. The summed E-state index contributed by atoms with van der Waals surface area (Å²) in [6.07, 6.45) is -3.67. The number of imide groups is 1. The average Bonchev–Trinajstić information content (AvgIpc) is 2.86. The fraction of sp³-hybridized carbons (Fsp3) is 0.800. The van der Waals surface area contributed by atoms with Crippen molar-refractivity contribution >= 4 is 35.4 Å². The number of hydrogen-bond acceptors (Lipinski definition) is 10. The Morgan fingerprint density at radius 1 is 1.14 bits per heavy atom. The Bertz CT molecular complexity index is 799. The average molecular weight is 484 g/mol. The van der Waals surface area contributed by atoms with Crippen LogP contribution in [0.25, 0.3) is 0 Å². The molecule has 29 heavy (non-hydrogen) atoms. The van der Waals surface area contributed by atoms with E-state index in [4.69, 9.17) is 19.4 Å². The maximum atomic E-state index is 11.9. The molecule has 2 saturated heterocycles. The van der Waals surface area contributed by atoms with Crippen molar-refractivity contribution in [2.75, 3.05) is 13.2 Å². The molecule has 0 radical (unpaired) electrons. The lowest BCUT2D eigenvalue weighted by Gasteiger charge is -2.34. The van der Waals surface area contributed by atoms with Crippen molar-refractivity contribution in [1.29, 1.82) is 0 Å². The van der Waals surface area contributed by atoms with Crippen molar-refractivity contribution in [2.45, 2.75) is 31.8 Å². The topological polar surface area (TPSA) is 239 Å². The lowest BCUT2D eigenvalue weighted by atomic mass is 10.1. The third kappa shape index (κ3) is 7.17. The molecule has 6 atom stereocenters. The molecule has 19 heteroatoms. The summed E-state index contributed by atoms with van der Waals surface area (Å²) in [6, 6.07) is -0.751. The van der Waals surface area contributed by atoms with Crippen molar-refractivity contribution < 1.29 is 65.8 Å². The number of nitrogens with one attached hydrogen (secondary N) is 1. The van der Waals surface area contributed by atoms with E-state index < -0.39 is 66.4 Å². The van der Waals surface area contributed by atoms with Crippen LogP contribution >= 0.6 is 23.5 Å². The van der Waals surface area contributed by atoms with E-state index in [1.165, 1.54) is 0 Å². The van der Waals surface area contributed by atoms with E-state index >= 15 is 0 Å². The summed E-state index contributed by atoms with van der Waals surface area (Å²) in [4.78, 5) is 59.9. The number of phosphoric ester groups is 1. The number of phosphoric acid groups is 3. The molecule has 2 heterocycles. The zero-order chi connectivity index (χ0) is 22.2. The van der Waals surface area contributed by atoms with Crippen LogP contribution in [0.5, 0.6) is 0 Å². The minimum Gasteiger partial charge on any atom is -0.390 e. The molecule has 2 rings (SSSR count). The predicted molar refractivity (Wildman–Crippen MR) is 88.5 cm³/mol. The number of rotatable bonds is 8. The molecule has 0 aromatic rings. The van der Waals surface area contributed by atoms with Crippen LogP contribution in [0.15, 0.2) is 0 Å². The van der Waals surface area contributed by atoms with Gasteiger partial charge in [-0.15, -0.1) is 0 Å². The van der Waals surface area contributed by atoms with Gasteiger partial charge in [-0.05, 0) is 0 Å². The maximum Gasteiger partial charge on any atom is 0.490 e. The second-order valence-corrected chi connectivity index (χ2v) is 10.6. The van der Waals surface area contributed by atoms with E-state index in [9.17, 15) is 33.3 Å². The van der Waals surface area contributed by atoms with Gasteiger partial charge in [0.15, 0.2) is 0 Å². The van der Waals surface area contributed by atoms with Gasteiger partial charge < -0.3 is 29.4 Å². The molecule has 2 aliphatic rings. The van der Waals surface area contributed by atoms with E-state index in [0.717, 1.165) is 4.90 Å². The van der Waals surface area contributed by atoms with Gasteiger partial charge in [0.25, 0.3) is 0 Å². The SMILES string of the molecule is C[C@@H]1CN([C@H]2C[C@H](O)[C@@H](COP(=O)(O)OP(=O)(O)OP(=O)(O)O)O2)C(=O)NC1=O. The second kappa shape index (κ2) is 8.79. The Labute approximate surface area is 163 Å². The first-order valence-corrected chi connectivity index (χ1v) is 12.3. The number of carbonyl (C=O) groups excluding carboxylic acids is 2. The quantitative estimate of drug-likeness (QED) is 0.226. The van der Waals surface area contributed by atoms with Crippen molar-refractivity contribution in [1.82, 2.24) is 10.2 Å². The molecule has 0 bridgehead atoms. The summed E-state index contributed by atoms with van der Waals surface area (Å²) in [5.74, 6) is -1.02. The van der Waals surface area contributed by atoms with E-state index in [1.54, 1.807) is 6.92 Å². The zero-order valence-electron chi connectivity index (χ0n) is 14.6. The lowest BCUT2D eigenvalue weighted by molar-refractivity contribution is -0.128. The van der Waals surface area contributed by atoms with Crippen LogP contribution in [-0.4, -0.2) is 73.1 Å². The molecule has 16 nitrogen and oxygen atoms in total. The number of hydrogen-bond donors (Lipinski definition) is 6. The highest BCUT2D eigenvalue weighted by Gasteiger charge is 2.45. The van der Waals surface area contributed by atoms with Crippen LogP contribution in [0.2, 0.25) is 0 Å². The molecule has 0 saturated carbocycles. The number of urea groups is 1. The number of amides is 3. The molecule has 6 N–H and O–H groups in total. The van der Waals surface area contributed by atoms with E-state index in [0.29, 0.717) is 0 Å². The third-order valence-corrected chi connectivity index (χ3v) is 7.58. The molecule has 0 aliphatic carbocycles. The van der Waals surface area contributed by atoms with Gasteiger partial charge in [-0.3, -0.25) is 19.5 Å². The van der Waals surface area contributed by atoms with Gasteiger partial charge in [0.05, 0.1) is 18.6 Å². The smallest absolute Gasteiger partial charge is 0.390 e. The first-order chi connectivity index (χ1) is 13.1. The summed E-state index contributed by atoms with van der Waals surface area (Å²) in [6.45, 7) is 0.711. The number of aliphatic hydroxyl groups is 1. The van der Waals surface area contributed by atoms with Crippen molar-refractivity contribution in [3.8, 4) is 0 Å². The monoisotopic (exact) mass is 484 g/mol. The third-order valence-electron chi connectivity index (χ3n) is 3.78. The molecule has 2 unspecified atom stereocenters. The van der Waals surface area contributed by atoms with Gasteiger partial charge in [0.1, 0.15) is 12.3 Å². The molecule has 0 aromatic heterocycles. The van der Waals surface area contributed by atoms with Crippen LogP contribution in [0.1, 0.15) is 13.3 Å². The first-order valence-electron chi connectivity index (χ1n) is 7.82. The highest BCUT2D eigenvalue weighted by atomic mass is 31.3. The Balaban J connectivity index is 1.93. The Morgan fingerprint density at radius 3 is 2.34 bits per heavy atom. The standard InChI is InChI=1S/C10H19N2O14P3/c1-5-3-12(10(15)11-9(5)14)8-2-6(13)7(24-8)4-23-28(19,20)26-29(21,22)25-27(16,17)18/h5-8,13H,2-4H2,1H3,(H,19,20)(H,21,22)(H,11,14,15)(H2,16,17,18)/t5-,6+,7-,8-/m1/s1. The second-order valence-electron chi connectivity index (χ2n) is 6.17. The van der Waals surface area contributed by atoms with Gasteiger partial charge in [0.2, 0.25) is 5.91 Å². The van der Waals surface area contributed by atoms with Gasteiger partial charge in [-0.2, -0.15) is 8.62 Å². The van der Waals surface area contributed by atoms with E-state index in [-0.39, 0.29) is 13.0 Å². The fourth-order valence-corrected chi connectivity index (χ4v) is 5.57. The first kappa shape index (κ1) is 24.5. The normalized spacial score (nSPS) is 32.6. The Hall–Kier alpha value is -0.730. The summed E-state index contributed by atoms with van der Waals surface area (Å²) in [5.41, 5.74) is 0. The number of ether oxygens (including phenoxy) is 1. The highest BCUT2D eigenvalue weighted by molar-refractivity contribution is 7.66. The van der Waals surface area contributed by atoms with Gasteiger partial charge in [-0.1, -0.05) is 6.92 Å². The minimum atomic E-state index is -5.66. The molecule has 3 amide bonds. The van der Waals surface area contributed by atoms with E-state index in [1.807, 2.05) is 0 Å². The van der Waals surface area contributed by atoms with Crippen molar-refractivity contribution in [3.63, 3.8) is 0 Å². The zero-order valence-corrected chi connectivity index (χ0v) is 17.3. The molecule has 0 spiro atoms. The fourth-order valence-electron chi connectivity index (χ4n) is 2.54. The van der Waals surface area contributed by atoms with Crippen LogP contribution in [0.3, 0.4) is 0 Å². The van der Waals surface area contributed by atoms with Crippen molar-refractivity contribution in [2.24, 2.45) is 5.92 Å². The van der Waals surface area contributed by atoms with Gasteiger partial charge in [-0.25, -0.2) is 18.5 Å². The van der Waals surface area contributed by atoms with Gasteiger partial charge in [0, 0.05) is 13.0 Å². The molecule has 2 aliphatic heterocycles. The number of aliphatic hydroxyl groups excluding tert-OH is 1. The van der Waals surface area contributed by atoms with Gasteiger partial charge >= 0.3 is 29.5 Å². The minimum absolute atomic E-state index is 0.00461. The lowest BCUT2D eigenvalue weighted by Crippen LogP contribution is -2.57. The van der Waals surface area contributed by atoms with Crippen LogP contribution in [0, 0.1) is 5.92 Å². The van der Waals surface area contributed by atoms with Crippen LogP contribution in [0.4, 0.5) is 4.79 Å². The molecule has 2 fully saturated rings.